The standard InChI is InChI=1S/C14H23N3/c1(4-13-5-2-9-16-12-13)8-15-10-3-11-17-14-6-7-14/h2,5,9,12,14-15,17H,1,3-4,6-8,10-11H2. The van der Waals surface area contributed by atoms with Gasteiger partial charge in [0.2, 0.25) is 0 Å². The van der Waals surface area contributed by atoms with E-state index in [9.17, 15) is 0 Å². The summed E-state index contributed by atoms with van der Waals surface area (Å²) >= 11 is 0. The smallest absolute Gasteiger partial charge is 0.0299 e. The van der Waals surface area contributed by atoms with Gasteiger partial charge in [-0.25, -0.2) is 0 Å². The van der Waals surface area contributed by atoms with Crippen LogP contribution in [0.5, 0.6) is 0 Å². The predicted molar refractivity (Wildman–Crippen MR) is 71.1 cm³/mol. The van der Waals surface area contributed by atoms with E-state index in [1.54, 1.807) is 0 Å². The zero-order valence-electron chi connectivity index (χ0n) is 10.5. The third-order valence-corrected chi connectivity index (χ3v) is 3.08. The van der Waals surface area contributed by atoms with E-state index < -0.39 is 0 Å². The highest BCUT2D eigenvalue weighted by Crippen LogP contribution is 2.18. The second kappa shape index (κ2) is 7.41. The van der Waals surface area contributed by atoms with E-state index >= 15 is 0 Å². The molecule has 1 saturated carbocycles. The fourth-order valence-electron chi connectivity index (χ4n) is 1.90. The van der Waals surface area contributed by atoms with Gasteiger partial charge < -0.3 is 10.6 Å². The Bertz CT molecular complexity index is 296. The van der Waals surface area contributed by atoms with Crippen LogP contribution in [0.15, 0.2) is 24.5 Å². The molecule has 0 spiro atoms. The third kappa shape index (κ3) is 5.80. The number of hydrogen-bond acceptors (Lipinski definition) is 3. The summed E-state index contributed by atoms with van der Waals surface area (Å²) in [6.45, 7) is 3.41. The average molecular weight is 233 g/mol. The molecule has 94 valence electrons. The van der Waals surface area contributed by atoms with Crippen LogP contribution in [-0.4, -0.2) is 30.7 Å². The van der Waals surface area contributed by atoms with E-state index in [1.807, 2.05) is 18.5 Å². The SMILES string of the molecule is c1cncc(CCCNCCCNC2CC2)c1. The van der Waals surface area contributed by atoms with Crippen LogP contribution in [-0.2, 0) is 6.42 Å². The van der Waals surface area contributed by atoms with Crippen LogP contribution in [0, 0.1) is 0 Å². The van der Waals surface area contributed by atoms with Crippen LogP contribution in [0.25, 0.3) is 0 Å². The van der Waals surface area contributed by atoms with E-state index in [4.69, 9.17) is 0 Å². The van der Waals surface area contributed by atoms with Gasteiger partial charge in [-0.15, -0.1) is 0 Å². The second-order valence-electron chi connectivity index (χ2n) is 4.80. The minimum absolute atomic E-state index is 0.848. The summed E-state index contributed by atoms with van der Waals surface area (Å²) in [5, 5.41) is 7.01. The molecule has 0 aromatic carbocycles. The monoisotopic (exact) mass is 233 g/mol. The van der Waals surface area contributed by atoms with Crippen molar-refractivity contribution >= 4 is 0 Å². The van der Waals surface area contributed by atoms with Crippen molar-refractivity contribution in [2.24, 2.45) is 0 Å². The van der Waals surface area contributed by atoms with Gasteiger partial charge in [-0.05, 0) is 63.4 Å². The quantitative estimate of drug-likeness (QED) is 0.638. The lowest BCUT2D eigenvalue weighted by molar-refractivity contribution is 0.582. The first-order chi connectivity index (χ1) is 8.45. The molecule has 1 heterocycles. The van der Waals surface area contributed by atoms with E-state index in [1.165, 1.54) is 37.8 Å². The molecular formula is C14H23N3. The molecule has 1 fully saturated rings. The summed E-state index contributed by atoms with van der Waals surface area (Å²) in [5.74, 6) is 0. The molecule has 3 nitrogen and oxygen atoms in total. The van der Waals surface area contributed by atoms with E-state index in [2.05, 4.69) is 21.7 Å². The van der Waals surface area contributed by atoms with Crippen LogP contribution in [0.3, 0.4) is 0 Å². The summed E-state index contributed by atoms with van der Waals surface area (Å²) in [7, 11) is 0. The molecular weight excluding hydrogens is 210 g/mol. The van der Waals surface area contributed by atoms with E-state index in [0.717, 1.165) is 25.6 Å². The highest BCUT2D eigenvalue weighted by Gasteiger charge is 2.19. The lowest BCUT2D eigenvalue weighted by Gasteiger charge is -2.05. The number of rotatable bonds is 9. The Hall–Kier alpha value is -0.930. The first kappa shape index (κ1) is 12.5. The van der Waals surface area contributed by atoms with Gasteiger partial charge >= 0.3 is 0 Å². The molecule has 1 aromatic heterocycles. The molecule has 1 aliphatic carbocycles. The lowest BCUT2D eigenvalue weighted by atomic mass is 10.1. The number of pyridine rings is 1. The molecule has 0 radical (unpaired) electrons. The molecule has 0 saturated heterocycles. The second-order valence-corrected chi connectivity index (χ2v) is 4.80. The maximum atomic E-state index is 4.12. The normalized spacial score (nSPS) is 15.1. The summed E-state index contributed by atoms with van der Waals surface area (Å²) in [6, 6.07) is 5.00. The molecule has 2 N–H and O–H groups in total. The van der Waals surface area contributed by atoms with Gasteiger partial charge in [-0.3, -0.25) is 4.98 Å². The topological polar surface area (TPSA) is 37.0 Å². The van der Waals surface area contributed by atoms with Crippen molar-refractivity contribution in [3.05, 3.63) is 30.1 Å². The maximum absolute atomic E-state index is 4.12. The Morgan fingerprint density at radius 2 is 2.06 bits per heavy atom. The summed E-state index contributed by atoms with van der Waals surface area (Å²) in [5.41, 5.74) is 1.34. The Labute approximate surface area is 104 Å². The average Bonchev–Trinajstić information content (AvgIpc) is 3.18. The minimum Gasteiger partial charge on any atom is -0.317 e. The van der Waals surface area contributed by atoms with E-state index in [-0.39, 0.29) is 0 Å². The molecule has 0 aliphatic heterocycles. The fraction of sp³-hybridized carbons (Fsp3) is 0.643. The summed E-state index contributed by atoms with van der Waals surface area (Å²) in [4.78, 5) is 4.12. The number of nitrogens with zero attached hydrogens (tertiary/aromatic N) is 1. The molecule has 0 amide bonds. The van der Waals surface area contributed by atoms with Crippen LogP contribution >= 0.6 is 0 Å². The van der Waals surface area contributed by atoms with Crippen molar-refractivity contribution in [2.45, 2.75) is 38.1 Å². The number of aryl methyl sites for hydroxylation is 1. The van der Waals surface area contributed by atoms with Gasteiger partial charge in [0.25, 0.3) is 0 Å². The molecule has 1 aliphatic rings. The van der Waals surface area contributed by atoms with Gasteiger partial charge in [-0.2, -0.15) is 0 Å². The van der Waals surface area contributed by atoms with Crippen LogP contribution in [0.1, 0.15) is 31.2 Å². The van der Waals surface area contributed by atoms with Crippen LogP contribution < -0.4 is 10.6 Å². The van der Waals surface area contributed by atoms with E-state index in [0.29, 0.717) is 0 Å². The number of aromatic nitrogens is 1. The zero-order valence-corrected chi connectivity index (χ0v) is 10.5. The molecule has 17 heavy (non-hydrogen) atoms. The van der Waals surface area contributed by atoms with Crippen molar-refractivity contribution in [1.29, 1.82) is 0 Å². The van der Waals surface area contributed by atoms with Gasteiger partial charge in [0, 0.05) is 18.4 Å². The van der Waals surface area contributed by atoms with Crippen LogP contribution in [0.4, 0.5) is 0 Å². The molecule has 0 bridgehead atoms. The lowest BCUT2D eigenvalue weighted by Crippen LogP contribution is -2.24. The van der Waals surface area contributed by atoms with Crippen LogP contribution in [0.2, 0.25) is 0 Å². The summed E-state index contributed by atoms with van der Waals surface area (Å²) < 4.78 is 0. The molecule has 3 heteroatoms. The zero-order chi connectivity index (χ0) is 11.8. The van der Waals surface area contributed by atoms with Gasteiger partial charge in [0.15, 0.2) is 0 Å². The first-order valence-corrected chi connectivity index (χ1v) is 6.78. The maximum Gasteiger partial charge on any atom is 0.0299 e. The number of nitrogens with one attached hydrogen (secondary N) is 2. The third-order valence-electron chi connectivity index (χ3n) is 3.08. The number of hydrogen-bond donors (Lipinski definition) is 2. The van der Waals surface area contributed by atoms with Gasteiger partial charge in [0.05, 0.1) is 0 Å². The molecule has 2 rings (SSSR count). The highest BCUT2D eigenvalue weighted by molar-refractivity contribution is 5.08. The Balaban J connectivity index is 1.38. The van der Waals surface area contributed by atoms with Gasteiger partial charge in [-0.1, -0.05) is 6.07 Å². The Morgan fingerprint density at radius 1 is 1.18 bits per heavy atom. The largest absolute Gasteiger partial charge is 0.317 e. The first-order valence-electron chi connectivity index (χ1n) is 6.78. The molecule has 0 unspecified atom stereocenters. The van der Waals surface area contributed by atoms with Crippen molar-refractivity contribution < 1.29 is 0 Å². The molecule has 0 atom stereocenters. The fourth-order valence-corrected chi connectivity index (χ4v) is 1.90. The highest BCUT2D eigenvalue weighted by atomic mass is 14.9. The Morgan fingerprint density at radius 3 is 2.82 bits per heavy atom. The summed E-state index contributed by atoms with van der Waals surface area (Å²) in [6.07, 6.45) is 10.1. The molecule has 1 aromatic rings. The minimum atomic E-state index is 0.848. The van der Waals surface area contributed by atoms with Gasteiger partial charge in [0.1, 0.15) is 0 Å². The van der Waals surface area contributed by atoms with Crippen molar-refractivity contribution in [2.75, 3.05) is 19.6 Å². The van der Waals surface area contributed by atoms with Crippen molar-refractivity contribution in [1.82, 2.24) is 15.6 Å². The van der Waals surface area contributed by atoms with Crippen molar-refractivity contribution in [3.8, 4) is 0 Å². The Kier molecular flexibility index (Phi) is 5.46. The predicted octanol–water partition coefficient (Wildman–Crippen LogP) is 1.75. The van der Waals surface area contributed by atoms with Crippen molar-refractivity contribution in [3.63, 3.8) is 0 Å².